The summed E-state index contributed by atoms with van der Waals surface area (Å²) in [6.45, 7) is 2.96. The number of rotatable bonds is 5. The molecule has 0 atom stereocenters. The summed E-state index contributed by atoms with van der Waals surface area (Å²) in [5.74, 6) is -2.00. The fraction of sp³-hybridized carbons (Fsp3) is 0.190. The highest BCUT2D eigenvalue weighted by Gasteiger charge is 2.20. The first-order valence-corrected chi connectivity index (χ1v) is 9.44. The molecule has 0 spiro atoms. The fourth-order valence-corrected chi connectivity index (χ4v) is 3.22. The monoisotopic (exact) mass is 425 g/mol. The van der Waals surface area contributed by atoms with Crippen molar-refractivity contribution in [3.05, 3.63) is 69.8 Å². The smallest absolute Gasteiger partial charge is 0.308 e. The van der Waals surface area contributed by atoms with Crippen molar-refractivity contribution in [2.24, 2.45) is 0 Å². The predicted molar refractivity (Wildman–Crippen MR) is 108 cm³/mol. The molecule has 0 aliphatic heterocycles. The van der Waals surface area contributed by atoms with Crippen molar-refractivity contribution in [2.75, 3.05) is 0 Å². The molecule has 1 aromatic carbocycles. The van der Waals surface area contributed by atoms with Crippen LogP contribution in [0.2, 0.25) is 0 Å². The Morgan fingerprint density at radius 1 is 1.26 bits per heavy atom. The largest absolute Gasteiger partial charge is 0.419 e. The van der Waals surface area contributed by atoms with Gasteiger partial charge in [0.1, 0.15) is 17.3 Å². The van der Waals surface area contributed by atoms with Crippen molar-refractivity contribution in [3.63, 3.8) is 0 Å². The number of nitrogens with one attached hydrogen (secondary N) is 1. The second kappa shape index (κ2) is 8.05. The highest BCUT2D eigenvalue weighted by Crippen LogP contribution is 2.26. The zero-order chi connectivity index (χ0) is 22.1. The molecule has 0 saturated carbocycles. The second-order valence-corrected chi connectivity index (χ2v) is 6.75. The summed E-state index contributed by atoms with van der Waals surface area (Å²) in [4.78, 5) is 35.2. The maximum atomic E-state index is 14.2. The van der Waals surface area contributed by atoms with Gasteiger partial charge in [-0.2, -0.15) is 5.10 Å². The van der Waals surface area contributed by atoms with Gasteiger partial charge in [0.2, 0.25) is 5.75 Å². The quantitative estimate of drug-likeness (QED) is 0.493. The molecule has 0 fully saturated rings. The van der Waals surface area contributed by atoms with E-state index >= 15 is 0 Å². The van der Waals surface area contributed by atoms with Crippen LogP contribution in [-0.2, 0) is 17.8 Å². The normalized spacial score (nSPS) is 11.1. The van der Waals surface area contributed by atoms with Gasteiger partial charge in [-0.1, -0.05) is 13.0 Å². The third-order valence-electron chi connectivity index (χ3n) is 4.59. The van der Waals surface area contributed by atoms with Crippen LogP contribution in [0.15, 0.2) is 41.3 Å². The lowest BCUT2D eigenvalue weighted by atomic mass is 10.2. The van der Waals surface area contributed by atoms with Crippen molar-refractivity contribution in [1.82, 2.24) is 24.7 Å². The molecule has 10 heteroatoms. The topological polar surface area (TPSA) is 103 Å². The number of nitrogens with zero attached hydrogens (tertiary/aromatic N) is 4. The Kier molecular flexibility index (Phi) is 5.28. The van der Waals surface area contributed by atoms with Gasteiger partial charge in [-0.3, -0.25) is 9.59 Å². The van der Waals surface area contributed by atoms with Crippen LogP contribution in [-0.4, -0.2) is 30.7 Å². The van der Waals surface area contributed by atoms with Gasteiger partial charge >= 0.3 is 5.97 Å². The summed E-state index contributed by atoms with van der Waals surface area (Å²) in [6.07, 6.45) is 1.90. The Hall–Kier alpha value is -3.95. The van der Waals surface area contributed by atoms with Crippen molar-refractivity contribution in [3.8, 4) is 17.3 Å². The van der Waals surface area contributed by atoms with E-state index in [0.29, 0.717) is 28.8 Å². The lowest BCUT2D eigenvalue weighted by Gasteiger charge is -2.07. The highest BCUT2D eigenvalue weighted by atomic mass is 19.1. The Morgan fingerprint density at radius 3 is 2.77 bits per heavy atom. The fourth-order valence-electron chi connectivity index (χ4n) is 3.22. The summed E-state index contributed by atoms with van der Waals surface area (Å²) < 4.78 is 33.8. The number of aromatic amines is 1. The number of carbonyl (C=O) groups is 1. The van der Waals surface area contributed by atoms with Gasteiger partial charge < -0.3 is 9.72 Å². The first kappa shape index (κ1) is 20.3. The van der Waals surface area contributed by atoms with Crippen LogP contribution in [0, 0.1) is 11.6 Å². The number of halogens is 2. The molecule has 8 nitrogen and oxygen atoms in total. The van der Waals surface area contributed by atoms with Gasteiger partial charge in [0, 0.05) is 24.8 Å². The summed E-state index contributed by atoms with van der Waals surface area (Å²) in [6, 6.07) is 6.74. The zero-order valence-corrected chi connectivity index (χ0v) is 16.6. The molecule has 0 saturated heterocycles. The Morgan fingerprint density at radius 2 is 2.06 bits per heavy atom. The van der Waals surface area contributed by atoms with Crippen LogP contribution < -0.4 is 10.3 Å². The average molecular weight is 425 g/mol. The number of hydrogen-bond donors (Lipinski definition) is 1. The maximum absolute atomic E-state index is 14.2. The van der Waals surface area contributed by atoms with Crippen LogP contribution in [0.3, 0.4) is 0 Å². The minimum absolute atomic E-state index is 0.00394. The SMILES string of the molecule is CCc1nc(-c2nn(Cc3ccc(F)cc3F)c3ncccc23)[nH]c(=O)c1OC(C)=O. The molecule has 0 radical (unpaired) electrons. The molecule has 31 heavy (non-hydrogen) atoms. The molecule has 1 N–H and O–H groups in total. The van der Waals surface area contributed by atoms with Gasteiger partial charge in [0.05, 0.1) is 17.6 Å². The van der Waals surface area contributed by atoms with E-state index in [2.05, 4.69) is 20.1 Å². The number of fused-ring (bicyclic) bond motifs is 1. The summed E-state index contributed by atoms with van der Waals surface area (Å²) in [7, 11) is 0. The van der Waals surface area contributed by atoms with Crippen LogP contribution in [0.4, 0.5) is 8.78 Å². The average Bonchev–Trinajstić information content (AvgIpc) is 3.10. The number of ether oxygens (including phenoxy) is 1. The molecule has 0 aliphatic rings. The Bertz CT molecular complexity index is 1360. The number of carbonyl (C=O) groups excluding carboxylic acids is 1. The molecular weight excluding hydrogens is 408 g/mol. The van der Waals surface area contributed by atoms with E-state index in [1.165, 1.54) is 23.7 Å². The standard InChI is InChI=1S/C21H17F2N5O3/c1-3-16-18(31-11(2)29)21(30)26-19(25-16)17-14-5-4-8-24-20(14)28(27-17)10-12-6-7-13(22)9-15(12)23/h4-9H,3,10H2,1-2H3,(H,25,26,30). The highest BCUT2D eigenvalue weighted by molar-refractivity contribution is 5.89. The number of aryl methyl sites for hydroxylation is 1. The minimum Gasteiger partial charge on any atom is -0.419 e. The van der Waals surface area contributed by atoms with Crippen molar-refractivity contribution < 1.29 is 18.3 Å². The Labute approximate surface area is 174 Å². The number of benzene rings is 1. The number of hydrogen-bond acceptors (Lipinski definition) is 6. The molecule has 0 amide bonds. The summed E-state index contributed by atoms with van der Waals surface area (Å²) >= 11 is 0. The van der Waals surface area contributed by atoms with E-state index < -0.39 is 23.2 Å². The van der Waals surface area contributed by atoms with Crippen LogP contribution in [0.1, 0.15) is 25.1 Å². The van der Waals surface area contributed by atoms with E-state index in [1.54, 1.807) is 25.3 Å². The number of aromatic nitrogens is 5. The molecule has 158 valence electrons. The van der Waals surface area contributed by atoms with Gasteiger partial charge in [-0.15, -0.1) is 0 Å². The van der Waals surface area contributed by atoms with Crippen molar-refractivity contribution >= 4 is 17.0 Å². The zero-order valence-electron chi connectivity index (χ0n) is 16.6. The maximum Gasteiger partial charge on any atom is 0.308 e. The molecular formula is C21H17F2N5O3. The van der Waals surface area contributed by atoms with E-state index in [9.17, 15) is 18.4 Å². The predicted octanol–water partition coefficient (Wildman–Crippen LogP) is 3.00. The lowest BCUT2D eigenvalue weighted by molar-refractivity contribution is -0.132. The van der Waals surface area contributed by atoms with Gasteiger partial charge in [-0.25, -0.2) is 23.4 Å². The third kappa shape index (κ3) is 3.91. The van der Waals surface area contributed by atoms with Crippen LogP contribution in [0.5, 0.6) is 5.75 Å². The molecule has 3 heterocycles. The van der Waals surface area contributed by atoms with Gasteiger partial charge in [0.15, 0.2) is 11.5 Å². The minimum atomic E-state index is -0.702. The first-order valence-electron chi connectivity index (χ1n) is 9.44. The second-order valence-electron chi connectivity index (χ2n) is 6.75. The number of pyridine rings is 1. The van der Waals surface area contributed by atoms with Crippen LogP contribution in [0.25, 0.3) is 22.6 Å². The summed E-state index contributed by atoms with van der Waals surface area (Å²) in [5, 5.41) is 5.06. The van der Waals surface area contributed by atoms with E-state index in [-0.39, 0.29) is 23.7 Å². The molecule has 0 bridgehead atoms. The van der Waals surface area contributed by atoms with E-state index in [0.717, 1.165) is 6.07 Å². The van der Waals surface area contributed by atoms with E-state index in [4.69, 9.17) is 4.74 Å². The number of esters is 1. The molecule has 0 unspecified atom stereocenters. The Balaban J connectivity index is 1.85. The third-order valence-corrected chi connectivity index (χ3v) is 4.59. The molecule has 4 rings (SSSR count). The van der Waals surface area contributed by atoms with Gasteiger partial charge in [0.25, 0.3) is 5.56 Å². The molecule has 4 aromatic rings. The van der Waals surface area contributed by atoms with Gasteiger partial charge in [-0.05, 0) is 24.6 Å². The molecule has 0 aliphatic carbocycles. The molecule has 3 aromatic heterocycles. The van der Waals surface area contributed by atoms with Crippen molar-refractivity contribution in [2.45, 2.75) is 26.8 Å². The van der Waals surface area contributed by atoms with Crippen LogP contribution >= 0.6 is 0 Å². The van der Waals surface area contributed by atoms with E-state index in [1.807, 2.05) is 0 Å². The number of H-pyrrole nitrogens is 1. The van der Waals surface area contributed by atoms with Crippen molar-refractivity contribution in [1.29, 1.82) is 0 Å². The lowest BCUT2D eigenvalue weighted by Crippen LogP contribution is -2.19. The summed E-state index contributed by atoms with van der Waals surface area (Å²) in [5.41, 5.74) is 0.667. The first-order chi connectivity index (χ1) is 14.9.